The van der Waals surface area contributed by atoms with Crippen LogP contribution in [0.4, 0.5) is 0 Å². The van der Waals surface area contributed by atoms with E-state index in [0.717, 1.165) is 0 Å². The number of para-hydroxylation sites is 1. The van der Waals surface area contributed by atoms with Crippen molar-refractivity contribution in [2.75, 3.05) is 7.11 Å². The molecule has 2 aromatic rings. The Morgan fingerprint density at radius 2 is 1.68 bits per heavy atom. The van der Waals surface area contributed by atoms with Gasteiger partial charge in [0, 0.05) is 0 Å². The lowest BCUT2D eigenvalue weighted by molar-refractivity contribution is 0.0600. The average Bonchev–Trinajstić information content (AvgIpc) is 2.49. The highest BCUT2D eigenvalue weighted by atomic mass is 32.2. The van der Waals surface area contributed by atoms with Gasteiger partial charge < -0.3 is 8.92 Å². The number of aryl methyl sites for hydroxylation is 2. The maximum Gasteiger partial charge on any atom is 0.339 e. The van der Waals surface area contributed by atoms with E-state index in [1.165, 1.54) is 19.2 Å². The predicted molar refractivity (Wildman–Crippen MR) is 81.5 cm³/mol. The summed E-state index contributed by atoms with van der Waals surface area (Å²) >= 11 is 0. The molecule has 0 saturated heterocycles. The van der Waals surface area contributed by atoms with Gasteiger partial charge in [0.2, 0.25) is 0 Å². The molecular formula is C16H16O5S. The molecule has 2 rings (SSSR count). The Morgan fingerprint density at radius 1 is 1.00 bits per heavy atom. The third kappa shape index (κ3) is 3.28. The first-order valence-electron chi connectivity index (χ1n) is 6.54. The molecule has 0 spiro atoms. The van der Waals surface area contributed by atoms with Crippen molar-refractivity contribution in [2.45, 2.75) is 18.7 Å². The molecule has 0 saturated carbocycles. The second-order valence-corrected chi connectivity index (χ2v) is 6.29. The number of carbonyl (C=O) groups excluding carboxylic acids is 1. The molecule has 0 aliphatic rings. The van der Waals surface area contributed by atoms with Crippen molar-refractivity contribution >= 4 is 16.1 Å². The average molecular weight is 320 g/mol. The van der Waals surface area contributed by atoms with E-state index in [1.807, 2.05) is 0 Å². The van der Waals surface area contributed by atoms with Gasteiger partial charge in [-0.2, -0.15) is 8.42 Å². The van der Waals surface area contributed by atoms with Crippen LogP contribution in [0.2, 0.25) is 0 Å². The summed E-state index contributed by atoms with van der Waals surface area (Å²) in [5.41, 5.74) is 1.34. The fourth-order valence-electron chi connectivity index (χ4n) is 1.93. The van der Waals surface area contributed by atoms with Gasteiger partial charge in [-0.1, -0.05) is 24.3 Å². The lowest BCUT2D eigenvalue weighted by Crippen LogP contribution is -2.13. The van der Waals surface area contributed by atoms with E-state index < -0.39 is 16.1 Å². The third-order valence-electron chi connectivity index (χ3n) is 3.17. The lowest BCUT2D eigenvalue weighted by atomic mass is 10.1. The standard InChI is InChI=1S/C16H16O5S/c1-11-6-4-5-7-14(11)21-22(18,19)15-10-13(16(17)20-3)9-8-12(15)2/h4-10H,1-3H3. The molecule has 0 N–H and O–H groups in total. The molecule has 6 heteroatoms. The number of methoxy groups -OCH3 is 1. The number of ether oxygens (including phenoxy) is 1. The van der Waals surface area contributed by atoms with E-state index in [4.69, 9.17) is 4.18 Å². The molecule has 0 amide bonds. The number of benzene rings is 2. The minimum atomic E-state index is -4.04. The van der Waals surface area contributed by atoms with Crippen LogP contribution in [0, 0.1) is 13.8 Å². The molecule has 0 aliphatic carbocycles. The normalized spacial score (nSPS) is 11.0. The van der Waals surface area contributed by atoms with Gasteiger partial charge in [0.1, 0.15) is 10.6 Å². The quantitative estimate of drug-likeness (QED) is 0.640. The second-order valence-electron chi connectivity index (χ2n) is 4.77. The monoisotopic (exact) mass is 320 g/mol. The molecule has 0 unspecified atom stereocenters. The zero-order valence-electron chi connectivity index (χ0n) is 12.5. The summed E-state index contributed by atoms with van der Waals surface area (Å²) in [6, 6.07) is 11.1. The number of carbonyl (C=O) groups is 1. The van der Waals surface area contributed by atoms with Crippen LogP contribution >= 0.6 is 0 Å². The zero-order chi connectivity index (χ0) is 16.3. The van der Waals surface area contributed by atoms with E-state index in [9.17, 15) is 13.2 Å². The molecule has 22 heavy (non-hydrogen) atoms. The minimum Gasteiger partial charge on any atom is -0.465 e. The molecule has 0 aromatic heterocycles. The first-order chi connectivity index (χ1) is 10.3. The number of hydrogen-bond donors (Lipinski definition) is 0. The fraction of sp³-hybridized carbons (Fsp3) is 0.188. The molecule has 0 atom stereocenters. The Hall–Kier alpha value is -2.34. The highest BCUT2D eigenvalue weighted by Gasteiger charge is 2.22. The van der Waals surface area contributed by atoms with Crippen molar-refractivity contribution in [3.8, 4) is 5.75 Å². The number of esters is 1. The predicted octanol–water partition coefficient (Wildman–Crippen LogP) is 2.86. The molecule has 0 heterocycles. The molecule has 0 fully saturated rings. The molecular weight excluding hydrogens is 304 g/mol. The van der Waals surface area contributed by atoms with E-state index in [-0.39, 0.29) is 16.2 Å². The second kappa shape index (κ2) is 6.19. The summed E-state index contributed by atoms with van der Waals surface area (Å²) in [7, 11) is -2.80. The van der Waals surface area contributed by atoms with Crippen LogP contribution in [0.15, 0.2) is 47.4 Å². The Labute approximate surface area is 129 Å². The van der Waals surface area contributed by atoms with Crippen LogP contribution < -0.4 is 4.18 Å². The van der Waals surface area contributed by atoms with E-state index in [2.05, 4.69) is 4.74 Å². The van der Waals surface area contributed by atoms with Gasteiger partial charge in [0.25, 0.3) is 0 Å². The SMILES string of the molecule is COC(=O)c1ccc(C)c(S(=O)(=O)Oc2ccccc2C)c1. The minimum absolute atomic E-state index is 0.0568. The van der Waals surface area contributed by atoms with Crippen LogP contribution in [0.1, 0.15) is 21.5 Å². The Bertz CT molecular complexity index is 809. The smallest absolute Gasteiger partial charge is 0.339 e. The van der Waals surface area contributed by atoms with Crippen LogP contribution in [0.3, 0.4) is 0 Å². The van der Waals surface area contributed by atoms with Gasteiger partial charge in [-0.05, 0) is 43.2 Å². The molecule has 0 bridgehead atoms. The van der Waals surface area contributed by atoms with Crippen molar-refractivity contribution < 1.29 is 22.1 Å². The first-order valence-corrected chi connectivity index (χ1v) is 7.95. The van der Waals surface area contributed by atoms with Gasteiger partial charge in [-0.25, -0.2) is 4.79 Å². The summed E-state index contributed by atoms with van der Waals surface area (Å²) < 4.78 is 34.7. The number of hydrogen-bond acceptors (Lipinski definition) is 5. The summed E-state index contributed by atoms with van der Waals surface area (Å²) in [6.45, 7) is 3.39. The van der Waals surface area contributed by atoms with Gasteiger partial charge in [0.05, 0.1) is 12.7 Å². The summed E-state index contributed by atoms with van der Waals surface area (Å²) in [4.78, 5) is 11.5. The molecule has 116 valence electrons. The van der Waals surface area contributed by atoms with Crippen LogP contribution in [-0.4, -0.2) is 21.5 Å². The van der Waals surface area contributed by atoms with Crippen LogP contribution in [0.25, 0.3) is 0 Å². The van der Waals surface area contributed by atoms with E-state index >= 15 is 0 Å². The van der Waals surface area contributed by atoms with Gasteiger partial charge in [0.15, 0.2) is 0 Å². The number of rotatable bonds is 4. The Kier molecular flexibility index (Phi) is 4.51. The van der Waals surface area contributed by atoms with Crippen molar-refractivity contribution in [3.63, 3.8) is 0 Å². The molecule has 5 nitrogen and oxygen atoms in total. The molecule has 0 radical (unpaired) electrons. The first kappa shape index (κ1) is 16.0. The van der Waals surface area contributed by atoms with Crippen LogP contribution in [0.5, 0.6) is 5.75 Å². The summed E-state index contributed by atoms with van der Waals surface area (Å²) in [6.07, 6.45) is 0. The maximum atomic E-state index is 12.5. The zero-order valence-corrected chi connectivity index (χ0v) is 13.3. The largest absolute Gasteiger partial charge is 0.465 e. The highest BCUT2D eigenvalue weighted by Crippen LogP contribution is 2.25. The topological polar surface area (TPSA) is 69.7 Å². The summed E-state index contributed by atoms with van der Waals surface area (Å²) in [5.74, 6) is -0.349. The van der Waals surface area contributed by atoms with Crippen molar-refractivity contribution in [2.24, 2.45) is 0 Å². The van der Waals surface area contributed by atoms with Crippen LogP contribution in [-0.2, 0) is 14.9 Å². The van der Waals surface area contributed by atoms with Gasteiger partial charge in [-0.3, -0.25) is 0 Å². The van der Waals surface area contributed by atoms with Crippen molar-refractivity contribution in [1.29, 1.82) is 0 Å². The van der Waals surface area contributed by atoms with Crippen molar-refractivity contribution in [1.82, 2.24) is 0 Å². The molecule has 0 aliphatic heterocycles. The lowest BCUT2D eigenvalue weighted by Gasteiger charge is -2.12. The summed E-state index contributed by atoms with van der Waals surface area (Å²) in [5, 5.41) is 0. The Morgan fingerprint density at radius 3 is 2.32 bits per heavy atom. The van der Waals surface area contributed by atoms with Crippen molar-refractivity contribution in [3.05, 3.63) is 59.2 Å². The Balaban J connectivity index is 2.45. The van der Waals surface area contributed by atoms with E-state index in [0.29, 0.717) is 11.1 Å². The molecule has 2 aromatic carbocycles. The van der Waals surface area contributed by atoms with Gasteiger partial charge >= 0.3 is 16.1 Å². The maximum absolute atomic E-state index is 12.5. The van der Waals surface area contributed by atoms with E-state index in [1.54, 1.807) is 44.2 Å². The fourth-order valence-corrected chi connectivity index (χ4v) is 3.17. The van der Waals surface area contributed by atoms with Gasteiger partial charge in [-0.15, -0.1) is 0 Å². The highest BCUT2D eigenvalue weighted by molar-refractivity contribution is 7.87. The third-order valence-corrected chi connectivity index (χ3v) is 4.55.